The number of thiophene rings is 1. The Labute approximate surface area is 168 Å². The topological polar surface area (TPSA) is 67.2 Å². The molecule has 1 fully saturated rings. The van der Waals surface area contributed by atoms with Crippen LogP contribution in [0.4, 0.5) is 5.82 Å². The Morgan fingerprint density at radius 3 is 2.57 bits per heavy atom. The molecule has 1 amide bonds. The Balaban J connectivity index is 1.40. The van der Waals surface area contributed by atoms with Gasteiger partial charge in [0.05, 0.1) is 5.69 Å². The first-order chi connectivity index (χ1) is 13.6. The minimum Gasteiger partial charge on any atom is -0.353 e. The van der Waals surface area contributed by atoms with Crippen molar-refractivity contribution in [3.8, 4) is 5.82 Å². The van der Waals surface area contributed by atoms with E-state index in [-0.39, 0.29) is 5.91 Å². The normalized spacial score (nSPS) is 14.8. The van der Waals surface area contributed by atoms with Crippen molar-refractivity contribution in [1.82, 2.24) is 24.6 Å². The van der Waals surface area contributed by atoms with Gasteiger partial charge in [-0.1, -0.05) is 6.07 Å². The minimum atomic E-state index is 0.0547. The van der Waals surface area contributed by atoms with Crippen LogP contribution in [0.5, 0.6) is 0 Å². The van der Waals surface area contributed by atoms with E-state index in [4.69, 9.17) is 0 Å². The summed E-state index contributed by atoms with van der Waals surface area (Å²) in [7, 11) is 0. The van der Waals surface area contributed by atoms with Crippen LogP contribution in [0.25, 0.3) is 11.9 Å². The molecular weight excluding hydrogens is 372 g/mol. The van der Waals surface area contributed by atoms with Crippen LogP contribution in [0.15, 0.2) is 42.0 Å². The third kappa shape index (κ3) is 3.96. The molecule has 8 heteroatoms. The van der Waals surface area contributed by atoms with E-state index in [2.05, 4.69) is 20.0 Å². The van der Waals surface area contributed by atoms with E-state index in [1.165, 1.54) is 0 Å². The molecule has 0 N–H and O–H groups in total. The molecule has 1 aliphatic rings. The highest BCUT2D eigenvalue weighted by Gasteiger charge is 2.21. The summed E-state index contributed by atoms with van der Waals surface area (Å²) in [6.45, 7) is 6.81. The summed E-state index contributed by atoms with van der Waals surface area (Å²) < 4.78 is 1.83. The molecule has 0 bridgehead atoms. The molecule has 144 valence electrons. The summed E-state index contributed by atoms with van der Waals surface area (Å²) in [5.74, 6) is 1.67. The average molecular weight is 395 g/mol. The summed E-state index contributed by atoms with van der Waals surface area (Å²) in [5, 5.41) is 6.50. The zero-order valence-corrected chi connectivity index (χ0v) is 16.8. The fourth-order valence-electron chi connectivity index (χ4n) is 3.29. The lowest BCUT2D eigenvalue weighted by Gasteiger charge is -2.35. The lowest BCUT2D eigenvalue weighted by molar-refractivity contribution is -0.126. The van der Waals surface area contributed by atoms with Crippen LogP contribution in [0.3, 0.4) is 0 Å². The second-order valence-electron chi connectivity index (χ2n) is 6.73. The van der Waals surface area contributed by atoms with Gasteiger partial charge in [0.2, 0.25) is 5.91 Å². The molecule has 0 radical (unpaired) electrons. The zero-order valence-electron chi connectivity index (χ0n) is 15.9. The monoisotopic (exact) mass is 394 g/mol. The molecule has 0 aromatic carbocycles. The van der Waals surface area contributed by atoms with Gasteiger partial charge in [-0.25, -0.2) is 14.6 Å². The zero-order chi connectivity index (χ0) is 19.5. The van der Waals surface area contributed by atoms with Crippen molar-refractivity contribution in [2.75, 3.05) is 31.1 Å². The smallest absolute Gasteiger partial charge is 0.246 e. The number of aromatic nitrogens is 4. The maximum atomic E-state index is 12.4. The number of piperazine rings is 1. The number of amides is 1. The van der Waals surface area contributed by atoms with Gasteiger partial charge < -0.3 is 9.80 Å². The van der Waals surface area contributed by atoms with Crippen molar-refractivity contribution >= 4 is 29.1 Å². The molecule has 3 aromatic heterocycles. The van der Waals surface area contributed by atoms with Crippen molar-refractivity contribution in [3.05, 3.63) is 58.3 Å². The Hall–Kier alpha value is -3.00. The quantitative estimate of drug-likeness (QED) is 0.637. The van der Waals surface area contributed by atoms with Crippen LogP contribution in [0.1, 0.15) is 16.3 Å². The van der Waals surface area contributed by atoms with Gasteiger partial charge in [0.25, 0.3) is 0 Å². The highest BCUT2D eigenvalue weighted by atomic mass is 32.1. The second kappa shape index (κ2) is 7.93. The van der Waals surface area contributed by atoms with Gasteiger partial charge in [-0.2, -0.15) is 5.10 Å². The molecule has 1 saturated heterocycles. The summed E-state index contributed by atoms with van der Waals surface area (Å²) >= 11 is 1.62. The number of hydrogen-bond donors (Lipinski definition) is 0. The number of carbonyl (C=O) groups is 1. The van der Waals surface area contributed by atoms with Crippen LogP contribution >= 0.6 is 11.3 Å². The van der Waals surface area contributed by atoms with Gasteiger partial charge in [-0.15, -0.1) is 11.3 Å². The third-order valence-corrected chi connectivity index (χ3v) is 5.55. The minimum absolute atomic E-state index is 0.0547. The molecule has 4 heterocycles. The fraction of sp³-hybridized carbons (Fsp3) is 0.300. The molecule has 7 nitrogen and oxygen atoms in total. The lowest BCUT2D eigenvalue weighted by atomic mass is 10.3. The third-order valence-electron chi connectivity index (χ3n) is 4.71. The molecule has 0 spiro atoms. The van der Waals surface area contributed by atoms with Crippen LogP contribution in [0.2, 0.25) is 0 Å². The Morgan fingerprint density at radius 1 is 1.11 bits per heavy atom. The number of hydrogen-bond acceptors (Lipinski definition) is 6. The summed E-state index contributed by atoms with van der Waals surface area (Å²) in [6, 6.07) is 7.96. The Bertz CT molecular complexity index is 986. The summed E-state index contributed by atoms with van der Waals surface area (Å²) in [6.07, 6.45) is 5.11. The predicted octanol–water partition coefficient (Wildman–Crippen LogP) is 2.70. The van der Waals surface area contributed by atoms with Crippen molar-refractivity contribution in [3.63, 3.8) is 0 Å². The van der Waals surface area contributed by atoms with Crippen LogP contribution in [0, 0.1) is 13.8 Å². The Morgan fingerprint density at radius 2 is 1.89 bits per heavy atom. The van der Waals surface area contributed by atoms with E-state index in [1.807, 2.05) is 59.2 Å². The fourth-order valence-corrected chi connectivity index (χ4v) is 3.91. The number of carbonyl (C=O) groups excluding carboxylic acids is 1. The molecule has 28 heavy (non-hydrogen) atoms. The van der Waals surface area contributed by atoms with E-state index in [0.717, 1.165) is 41.0 Å². The van der Waals surface area contributed by atoms with Crippen molar-refractivity contribution < 1.29 is 4.79 Å². The maximum Gasteiger partial charge on any atom is 0.246 e. The van der Waals surface area contributed by atoms with Crippen molar-refractivity contribution in [2.24, 2.45) is 0 Å². The Kier molecular flexibility index (Phi) is 5.21. The number of anilines is 1. The molecular formula is C20H22N6OS. The average Bonchev–Trinajstić information content (AvgIpc) is 3.35. The highest BCUT2D eigenvalue weighted by Crippen LogP contribution is 2.18. The van der Waals surface area contributed by atoms with Gasteiger partial charge in [0.15, 0.2) is 5.82 Å². The molecule has 0 atom stereocenters. The summed E-state index contributed by atoms with van der Waals surface area (Å²) in [5.41, 5.74) is 2.00. The first-order valence-electron chi connectivity index (χ1n) is 9.21. The van der Waals surface area contributed by atoms with Gasteiger partial charge in [0, 0.05) is 48.9 Å². The number of rotatable bonds is 4. The van der Waals surface area contributed by atoms with Gasteiger partial charge in [-0.3, -0.25) is 4.79 Å². The molecule has 1 aliphatic heterocycles. The predicted molar refractivity (Wildman–Crippen MR) is 111 cm³/mol. The largest absolute Gasteiger partial charge is 0.353 e. The first-order valence-corrected chi connectivity index (χ1v) is 10.1. The lowest BCUT2D eigenvalue weighted by Crippen LogP contribution is -2.48. The molecule has 0 saturated carbocycles. The van der Waals surface area contributed by atoms with Crippen molar-refractivity contribution in [1.29, 1.82) is 0 Å². The molecule has 3 aromatic rings. The van der Waals surface area contributed by atoms with Crippen LogP contribution < -0.4 is 4.90 Å². The summed E-state index contributed by atoms with van der Waals surface area (Å²) in [4.78, 5) is 26.3. The highest BCUT2D eigenvalue weighted by molar-refractivity contribution is 7.10. The number of nitrogens with zero attached hydrogens (tertiary/aromatic N) is 6. The van der Waals surface area contributed by atoms with E-state index >= 15 is 0 Å². The number of aryl methyl sites for hydroxylation is 2. The first kappa shape index (κ1) is 18.4. The molecule has 0 aliphatic carbocycles. The van der Waals surface area contributed by atoms with Gasteiger partial charge >= 0.3 is 0 Å². The van der Waals surface area contributed by atoms with E-state index in [9.17, 15) is 4.79 Å². The van der Waals surface area contributed by atoms with Gasteiger partial charge in [-0.05, 0) is 37.4 Å². The van der Waals surface area contributed by atoms with Gasteiger partial charge in [0.1, 0.15) is 12.1 Å². The maximum absolute atomic E-state index is 12.4. The second-order valence-corrected chi connectivity index (χ2v) is 7.71. The van der Waals surface area contributed by atoms with E-state index in [0.29, 0.717) is 13.1 Å². The van der Waals surface area contributed by atoms with Crippen LogP contribution in [-0.4, -0.2) is 56.7 Å². The van der Waals surface area contributed by atoms with Crippen LogP contribution in [-0.2, 0) is 4.79 Å². The van der Waals surface area contributed by atoms with Crippen molar-refractivity contribution in [2.45, 2.75) is 13.8 Å². The SMILES string of the molecule is Cc1cc(C)n(-c2cc(N3CCN(C(=O)/C=C/c4cccs4)CC3)ncn2)n1. The molecule has 4 rings (SSSR count). The molecule has 0 unspecified atom stereocenters. The standard InChI is InChI=1S/C20H22N6OS/c1-15-12-16(2)26(23-15)19-13-18(21-14-22-19)24-7-9-25(10-8-24)20(27)6-5-17-4-3-11-28-17/h3-6,11-14H,7-10H2,1-2H3/b6-5+. The van der Waals surface area contributed by atoms with E-state index in [1.54, 1.807) is 23.7 Å². The van der Waals surface area contributed by atoms with E-state index < -0.39 is 0 Å².